The molecule has 2 aromatic heterocycles. The molecule has 0 radical (unpaired) electrons. The molecule has 29 heavy (non-hydrogen) atoms. The number of halogens is 2. The van der Waals surface area contributed by atoms with Crippen molar-refractivity contribution in [1.82, 2.24) is 24.7 Å². The molecule has 10 nitrogen and oxygen atoms in total. The second-order valence-electron chi connectivity index (χ2n) is 5.61. The predicted molar refractivity (Wildman–Crippen MR) is 95.7 cm³/mol. The summed E-state index contributed by atoms with van der Waals surface area (Å²) in [5.74, 6) is 0.213. The first kappa shape index (κ1) is 20.4. The number of aliphatic hydroxyl groups is 1. The van der Waals surface area contributed by atoms with Crippen molar-refractivity contribution in [3.05, 3.63) is 42.5 Å². The minimum atomic E-state index is -2.95. The second kappa shape index (κ2) is 9.21. The lowest BCUT2D eigenvalue weighted by Crippen LogP contribution is -2.24. The van der Waals surface area contributed by atoms with E-state index in [1.54, 1.807) is 19.1 Å². The van der Waals surface area contributed by atoms with Crippen LogP contribution in [-0.2, 0) is 6.54 Å². The largest absolute Gasteiger partial charge is 0.476 e. The van der Waals surface area contributed by atoms with Crippen LogP contribution in [0.25, 0.3) is 11.3 Å². The van der Waals surface area contributed by atoms with E-state index in [0.717, 1.165) is 0 Å². The van der Waals surface area contributed by atoms with Crippen LogP contribution in [-0.4, -0.2) is 55.0 Å². The average Bonchev–Trinajstić information content (AvgIpc) is 3.16. The van der Waals surface area contributed by atoms with E-state index in [-0.39, 0.29) is 24.1 Å². The van der Waals surface area contributed by atoms with Crippen molar-refractivity contribution in [2.24, 2.45) is 0 Å². The van der Waals surface area contributed by atoms with Gasteiger partial charge in [0, 0.05) is 5.56 Å². The molecular weight excluding hydrogens is 390 g/mol. The van der Waals surface area contributed by atoms with Crippen LogP contribution in [0.1, 0.15) is 12.6 Å². The molecular formula is C17H18F2N6O4. The molecule has 154 valence electrons. The number of aliphatic hydroxyl groups excluding tert-OH is 1. The highest BCUT2D eigenvalue weighted by Gasteiger charge is 2.16. The van der Waals surface area contributed by atoms with Crippen molar-refractivity contribution in [3.63, 3.8) is 0 Å². The van der Waals surface area contributed by atoms with Gasteiger partial charge >= 0.3 is 6.61 Å². The van der Waals surface area contributed by atoms with E-state index in [1.807, 2.05) is 0 Å². The van der Waals surface area contributed by atoms with E-state index >= 15 is 0 Å². The fourth-order valence-electron chi connectivity index (χ4n) is 2.53. The van der Waals surface area contributed by atoms with Gasteiger partial charge in [0.25, 0.3) is 5.95 Å². The minimum absolute atomic E-state index is 0.0112. The smallest absolute Gasteiger partial charge is 0.387 e. The highest BCUT2D eigenvalue weighted by Crippen LogP contribution is 2.29. The van der Waals surface area contributed by atoms with Crippen molar-refractivity contribution in [2.45, 2.75) is 20.1 Å². The number of aromatic nitrogens is 5. The van der Waals surface area contributed by atoms with Crippen LogP contribution >= 0.6 is 0 Å². The van der Waals surface area contributed by atoms with Crippen molar-refractivity contribution >= 4 is 5.95 Å². The van der Waals surface area contributed by atoms with Crippen molar-refractivity contribution in [3.8, 4) is 22.9 Å². The molecule has 0 bridgehead atoms. The van der Waals surface area contributed by atoms with Crippen LogP contribution in [0, 0.1) is 0 Å². The van der Waals surface area contributed by atoms with E-state index in [2.05, 4.69) is 24.8 Å². The number of benzene rings is 1. The molecule has 0 aliphatic carbocycles. The highest BCUT2D eigenvalue weighted by atomic mass is 19.3. The van der Waals surface area contributed by atoms with E-state index in [4.69, 9.17) is 9.84 Å². The van der Waals surface area contributed by atoms with Gasteiger partial charge in [-0.05, 0) is 19.1 Å². The summed E-state index contributed by atoms with van der Waals surface area (Å²) in [6.45, 7) is -1.44. The third-order valence-electron chi connectivity index (χ3n) is 3.67. The Morgan fingerprint density at radius 2 is 2.10 bits per heavy atom. The number of nitrogens with zero attached hydrogens (tertiary/aromatic N) is 6. The van der Waals surface area contributed by atoms with Crippen molar-refractivity contribution in [2.75, 3.05) is 18.4 Å². The van der Waals surface area contributed by atoms with E-state index in [9.17, 15) is 14.0 Å². The first-order chi connectivity index (χ1) is 14.0. The summed E-state index contributed by atoms with van der Waals surface area (Å²) >= 11 is 0. The molecule has 0 spiro atoms. The number of hydroxylamine groups is 1. The van der Waals surface area contributed by atoms with Gasteiger partial charge in [0.15, 0.2) is 0 Å². The standard InChI is InChI=1S/C17H18F2N6O4/c1-2-28-15-14(11-4-3-5-13(6-11)29-16(18)19)23-12(7-20-15)8-24-17(21-9-22-24)25(27)10-26/h3-7,9,16,26-27H,2,8,10H2,1H3. The van der Waals surface area contributed by atoms with Crippen molar-refractivity contribution < 1.29 is 28.6 Å². The van der Waals surface area contributed by atoms with Crippen molar-refractivity contribution in [1.29, 1.82) is 0 Å². The van der Waals surface area contributed by atoms with Gasteiger partial charge in [-0.25, -0.2) is 14.6 Å². The van der Waals surface area contributed by atoms with Crippen LogP contribution in [0.2, 0.25) is 0 Å². The molecule has 0 amide bonds. The summed E-state index contributed by atoms with van der Waals surface area (Å²) < 4.78 is 36.3. The number of rotatable bonds is 9. The fourth-order valence-corrected chi connectivity index (χ4v) is 2.53. The van der Waals surface area contributed by atoms with E-state index < -0.39 is 13.3 Å². The molecule has 0 aliphatic rings. The number of anilines is 1. The Labute approximate surface area is 163 Å². The van der Waals surface area contributed by atoms with Crippen LogP contribution in [0.4, 0.5) is 14.7 Å². The Morgan fingerprint density at radius 3 is 2.83 bits per heavy atom. The Morgan fingerprint density at radius 1 is 1.28 bits per heavy atom. The van der Waals surface area contributed by atoms with Crippen LogP contribution < -0.4 is 14.5 Å². The zero-order valence-corrected chi connectivity index (χ0v) is 15.3. The quantitative estimate of drug-likeness (QED) is 0.404. The maximum absolute atomic E-state index is 12.5. The summed E-state index contributed by atoms with van der Waals surface area (Å²) in [6.07, 6.45) is 2.67. The molecule has 0 saturated heterocycles. The molecule has 0 aliphatic heterocycles. The van der Waals surface area contributed by atoms with Crippen LogP contribution in [0.3, 0.4) is 0 Å². The molecule has 2 heterocycles. The Kier molecular flexibility index (Phi) is 6.46. The molecule has 0 saturated carbocycles. The highest BCUT2D eigenvalue weighted by molar-refractivity contribution is 5.66. The zero-order chi connectivity index (χ0) is 20.8. The molecule has 3 rings (SSSR count). The Balaban J connectivity index is 1.96. The fraction of sp³-hybridized carbons (Fsp3) is 0.294. The van der Waals surface area contributed by atoms with Gasteiger partial charge in [-0.2, -0.15) is 23.9 Å². The second-order valence-corrected chi connectivity index (χ2v) is 5.61. The zero-order valence-electron chi connectivity index (χ0n) is 15.3. The number of hydrogen-bond donors (Lipinski definition) is 2. The molecule has 2 N–H and O–H groups in total. The Hall–Kier alpha value is -3.38. The van der Waals surface area contributed by atoms with Gasteiger partial charge in [-0.15, -0.1) is 0 Å². The van der Waals surface area contributed by atoms with Gasteiger partial charge in [0.05, 0.1) is 25.0 Å². The molecule has 0 atom stereocenters. The van der Waals surface area contributed by atoms with Gasteiger partial charge in [0.2, 0.25) is 5.88 Å². The maximum Gasteiger partial charge on any atom is 0.387 e. The normalized spacial score (nSPS) is 11.0. The molecule has 3 aromatic rings. The van der Waals surface area contributed by atoms with Gasteiger partial charge < -0.3 is 14.6 Å². The summed E-state index contributed by atoms with van der Waals surface area (Å²) in [5.41, 5.74) is 1.23. The first-order valence-corrected chi connectivity index (χ1v) is 8.50. The summed E-state index contributed by atoms with van der Waals surface area (Å²) in [6, 6.07) is 6.03. The van der Waals surface area contributed by atoms with Gasteiger partial charge in [-0.3, -0.25) is 5.21 Å². The SMILES string of the molecule is CCOc1ncc(Cn2ncnc2N(O)CO)nc1-c1cccc(OC(F)F)c1. The van der Waals surface area contributed by atoms with Gasteiger partial charge in [0.1, 0.15) is 24.5 Å². The summed E-state index contributed by atoms with van der Waals surface area (Å²) in [7, 11) is 0. The van der Waals surface area contributed by atoms with Crippen LogP contribution in [0.15, 0.2) is 36.8 Å². The van der Waals surface area contributed by atoms with Crippen LogP contribution in [0.5, 0.6) is 11.6 Å². The molecule has 0 unspecified atom stereocenters. The summed E-state index contributed by atoms with van der Waals surface area (Å²) in [4.78, 5) is 12.6. The molecule has 1 aromatic carbocycles. The first-order valence-electron chi connectivity index (χ1n) is 8.50. The lowest BCUT2D eigenvalue weighted by Gasteiger charge is -2.14. The maximum atomic E-state index is 12.5. The number of ether oxygens (including phenoxy) is 2. The van der Waals surface area contributed by atoms with Gasteiger partial charge in [-0.1, -0.05) is 12.1 Å². The minimum Gasteiger partial charge on any atom is -0.476 e. The monoisotopic (exact) mass is 408 g/mol. The number of alkyl halides is 2. The molecule has 0 fully saturated rings. The average molecular weight is 408 g/mol. The number of hydrogen-bond acceptors (Lipinski definition) is 9. The summed E-state index contributed by atoms with van der Waals surface area (Å²) in [5, 5.41) is 23.2. The topological polar surface area (TPSA) is 119 Å². The molecule has 12 heteroatoms. The lowest BCUT2D eigenvalue weighted by atomic mass is 10.1. The third kappa shape index (κ3) is 4.92. The predicted octanol–water partition coefficient (Wildman–Crippen LogP) is 1.93. The van der Waals surface area contributed by atoms with E-state index in [1.165, 1.54) is 29.3 Å². The lowest BCUT2D eigenvalue weighted by molar-refractivity contribution is -0.0498. The van der Waals surface area contributed by atoms with E-state index in [0.29, 0.717) is 28.6 Å². The Bertz CT molecular complexity index is 955. The third-order valence-corrected chi connectivity index (χ3v) is 3.67.